The third-order valence-corrected chi connectivity index (χ3v) is 2.71. The predicted molar refractivity (Wildman–Crippen MR) is 72.5 cm³/mol. The molecule has 2 N–H and O–H groups in total. The minimum absolute atomic E-state index is 0.125. The Kier molecular flexibility index (Phi) is 3.85. The molecule has 0 fully saturated rings. The van der Waals surface area contributed by atoms with Crippen molar-refractivity contribution in [3.63, 3.8) is 0 Å². The summed E-state index contributed by atoms with van der Waals surface area (Å²) in [5.74, 6) is 0.338. The number of phenols is 2. The molecule has 0 aliphatic rings. The van der Waals surface area contributed by atoms with E-state index in [-0.39, 0.29) is 11.5 Å². The number of para-hydroxylation sites is 1. The van der Waals surface area contributed by atoms with Crippen LogP contribution in [0.5, 0.6) is 11.5 Å². The maximum atomic E-state index is 9.59. The molecular weight excluding hydrogens is 250 g/mol. The van der Waals surface area contributed by atoms with Crippen LogP contribution in [0.3, 0.4) is 0 Å². The average Bonchev–Trinajstić information content (AvgIpc) is 2.36. The summed E-state index contributed by atoms with van der Waals surface area (Å²) in [6.07, 6.45) is 1.54. The van der Waals surface area contributed by atoms with Gasteiger partial charge in [0.05, 0.1) is 6.54 Å². The Morgan fingerprint density at radius 1 is 1.06 bits per heavy atom. The molecule has 2 rings (SSSR count). The van der Waals surface area contributed by atoms with Gasteiger partial charge in [0.15, 0.2) is 0 Å². The molecule has 3 nitrogen and oxygen atoms in total. The minimum Gasteiger partial charge on any atom is -0.508 e. The fraction of sp³-hybridized carbons (Fsp3) is 0.0714. The highest BCUT2D eigenvalue weighted by Gasteiger charge is 2.00. The van der Waals surface area contributed by atoms with Gasteiger partial charge in [-0.3, -0.25) is 4.99 Å². The van der Waals surface area contributed by atoms with Gasteiger partial charge in [-0.2, -0.15) is 0 Å². The minimum atomic E-state index is 0.125. The van der Waals surface area contributed by atoms with E-state index in [2.05, 4.69) is 4.99 Å². The highest BCUT2D eigenvalue weighted by Crippen LogP contribution is 2.20. The smallest absolute Gasteiger partial charge is 0.124 e. The van der Waals surface area contributed by atoms with Gasteiger partial charge < -0.3 is 10.2 Å². The summed E-state index contributed by atoms with van der Waals surface area (Å²) in [7, 11) is 0. The van der Waals surface area contributed by atoms with Crippen LogP contribution in [-0.4, -0.2) is 16.4 Å². The Bertz CT molecular complexity index is 582. The van der Waals surface area contributed by atoms with Crippen molar-refractivity contribution in [1.82, 2.24) is 0 Å². The molecule has 0 amide bonds. The van der Waals surface area contributed by atoms with Gasteiger partial charge >= 0.3 is 0 Å². The van der Waals surface area contributed by atoms with Gasteiger partial charge in [-0.1, -0.05) is 29.8 Å². The zero-order valence-corrected chi connectivity index (χ0v) is 10.3. The van der Waals surface area contributed by atoms with Crippen molar-refractivity contribution in [1.29, 1.82) is 0 Å². The van der Waals surface area contributed by atoms with Crippen LogP contribution in [0.2, 0.25) is 5.02 Å². The van der Waals surface area contributed by atoms with Crippen molar-refractivity contribution >= 4 is 17.8 Å². The van der Waals surface area contributed by atoms with E-state index in [1.807, 2.05) is 6.07 Å². The quantitative estimate of drug-likeness (QED) is 0.833. The molecule has 0 saturated heterocycles. The van der Waals surface area contributed by atoms with Crippen molar-refractivity contribution in [3.8, 4) is 11.5 Å². The number of aliphatic imine (C=N–C) groups is 1. The van der Waals surface area contributed by atoms with E-state index in [0.717, 1.165) is 5.56 Å². The molecule has 0 aliphatic heterocycles. The van der Waals surface area contributed by atoms with Crippen LogP contribution in [-0.2, 0) is 6.54 Å². The van der Waals surface area contributed by atoms with Crippen LogP contribution >= 0.6 is 11.6 Å². The zero-order chi connectivity index (χ0) is 13.0. The van der Waals surface area contributed by atoms with Gasteiger partial charge in [0, 0.05) is 22.4 Å². The number of rotatable bonds is 3. The molecule has 0 bridgehead atoms. The third-order valence-electron chi connectivity index (χ3n) is 2.47. The Morgan fingerprint density at radius 3 is 2.61 bits per heavy atom. The zero-order valence-electron chi connectivity index (χ0n) is 9.55. The van der Waals surface area contributed by atoms with Gasteiger partial charge in [0.25, 0.3) is 0 Å². The third kappa shape index (κ3) is 3.02. The normalized spacial score (nSPS) is 10.9. The summed E-state index contributed by atoms with van der Waals surface area (Å²) in [5.41, 5.74) is 1.29. The first-order valence-corrected chi connectivity index (χ1v) is 5.80. The molecule has 2 aromatic rings. The fourth-order valence-corrected chi connectivity index (χ4v) is 1.70. The molecule has 0 unspecified atom stereocenters. The summed E-state index contributed by atoms with van der Waals surface area (Å²) in [6.45, 7) is 0.346. The van der Waals surface area contributed by atoms with Crippen LogP contribution < -0.4 is 0 Å². The molecule has 92 valence electrons. The molecule has 0 spiro atoms. The molecule has 0 atom stereocenters. The molecule has 18 heavy (non-hydrogen) atoms. The number of hydrogen-bond donors (Lipinski definition) is 2. The number of aromatic hydroxyl groups is 2. The van der Waals surface area contributed by atoms with Crippen LogP contribution in [0.25, 0.3) is 0 Å². The molecule has 0 saturated carbocycles. The topological polar surface area (TPSA) is 52.8 Å². The molecule has 0 aromatic heterocycles. The lowest BCUT2D eigenvalue weighted by atomic mass is 10.2. The standard InChI is InChI=1S/C14H12ClNO2/c15-12-5-6-14(18)11(7-12)9-16-8-10-3-1-2-4-13(10)17/h1-7,9,17-18H,8H2. The van der Waals surface area contributed by atoms with Gasteiger partial charge in [-0.15, -0.1) is 0 Å². The lowest BCUT2D eigenvalue weighted by Crippen LogP contribution is -1.86. The predicted octanol–water partition coefficient (Wildman–Crippen LogP) is 3.37. The summed E-state index contributed by atoms with van der Waals surface area (Å²) in [6, 6.07) is 11.8. The largest absolute Gasteiger partial charge is 0.508 e. The van der Waals surface area contributed by atoms with Crippen LogP contribution in [0.15, 0.2) is 47.5 Å². The van der Waals surface area contributed by atoms with E-state index >= 15 is 0 Å². The molecule has 4 heteroatoms. The van der Waals surface area contributed by atoms with Crippen molar-refractivity contribution < 1.29 is 10.2 Å². The summed E-state index contributed by atoms with van der Waals surface area (Å²) in [4.78, 5) is 4.17. The van der Waals surface area contributed by atoms with E-state index in [0.29, 0.717) is 17.1 Å². The molecule has 0 radical (unpaired) electrons. The van der Waals surface area contributed by atoms with Crippen molar-refractivity contribution in [2.24, 2.45) is 4.99 Å². The lowest BCUT2D eigenvalue weighted by molar-refractivity contribution is 0.468. The first-order chi connectivity index (χ1) is 8.66. The maximum Gasteiger partial charge on any atom is 0.124 e. The Morgan fingerprint density at radius 2 is 1.83 bits per heavy atom. The number of halogens is 1. The highest BCUT2D eigenvalue weighted by molar-refractivity contribution is 6.30. The Hall–Kier alpha value is -2.00. The fourth-order valence-electron chi connectivity index (χ4n) is 1.52. The van der Waals surface area contributed by atoms with E-state index in [4.69, 9.17) is 11.6 Å². The monoisotopic (exact) mass is 261 g/mol. The number of nitrogens with zero attached hydrogens (tertiary/aromatic N) is 1. The Balaban J connectivity index is 2.12. The van der Waals surface area contributed by atoms with E-state index in [1.165, 1.54) is 12.3 Å². The first kappa shape index (κ1) is 12.5. The molecule has 2 aromatic carbocycles. The van der Waals surface area contributed by atoms with Gasteiger partial charge in [0.1, 0.15) is 11.5 Å². The van der Waals surface area contributed by atoms with E-state index < -0.39 is 0 Å². The summed E-state index contributed by atoms with van der Waals surface area (Å²) >= 11 is 5.83. The SMILES string of the molecule is Oc1ccc(Cl)cc1C=NCc1ccccc1O. The van der Waals surface area contributed by atoms with E-state index in [9.17, 15) is 10.2 Å². The molecule has 0 aliphatic carbocycles. The van der Waals surface area contributed by atoms with Gasteiger partial charge in [-0.25, -0.2) is 0 Å². The average molecular weight is 262 g/mol. The second-order valence-corrected chi connectivity index (χ2v) is 4.24. The summed E-state index contributed by atoms with van der Waals surface area (Å²) in [5, 5.41) is 19.7. The number of phenolic OH excluding ortho intramolecular Hbond substituents is 2. The van der Waals surface area contributed by atoms with Gasteiger partial charge in [-0.05, 0) is 24.3 Å². The molecular formula is C14H12ClNO2. The Labute approximate surface area is 110 Å². The van der Waals surface area contributed by atoms with Crippen LogP contribution in [0, 0.1) is 0 Å². The van der Waals surface area contributed by atoms with Crippen molar-refractivity contribution in [2.45, 2.75) is 6.54 Å². The number of hydrogen-bond acceptors (Lipinski definition) is 3. The summed E-state index contributed by atoms with van der Waals surface area (Å²) < 4.78 is 0. The highest BCUT2D eigenvalue weighted by atomic mass is 35.5. The van der Waals surface area contributed by atoms with Gasteiger partial charge in [0.2, 0.25) is 0 Å². The second kappa shape index (κ2) is 5.56. The number of benzene rings is 2. The van der Waals surface area contributed by atoms with Crippen LogP contribution in [0.1, 0.15) is 11.1 Å². The van der Waals surface area contributed by atoms with E-state index in [1.54, 1.807) is 30.3 Å². The maximum absolute atomic E-state index is 9.59. The van der Waals surface area contributed by atoms with Crippen LogP contribution in [0.4, 0.5) is 0 Å². The second-order valence-electron chi connectivity index (χ2n) is 3.80. The molecule has 0 heterocycles. The lowest BCUT2D eigenvalue weighted by Gasteiger charge is -2.01. The van der Waals surface area contributed by atoms with Crippen molar-refractivity contribution in [3.05, 3.63) is 58.6 Å². The van der Waals surface area contributed by atoms with Crippen molar-refractivity contribution in [2.75, 3.05) is 0 Å². The first-order valence-electron chi connectivity index (χ1n) is 5.42.